The van der Waals surface area contributed by atoms with E-state index in [9.17, 15) is 9.18 Å². The van der Waals surface area contributed by atoms with Gasteiger partial charge < -0.3 is 24.3 Å². The van der Waals surface area contributed by atoms with Gasteiger partial charge in [0.15, 0.2) is 11.5 Å². The lowest BCUT2D eigenvalue weighted by Crippen LogP contribution is -2.36. The monoisotopic (exact) mass is 424 g/mol. The maximum Gasteiger partial charge on any atom is 0.274 e. The normalized spacial score (nSPS) is 13.5. The molecule has 0 aliphatic carbocycles. The molecule has 4 rings (SSSR count). The van der Waals surface area contributed by atoms with Crippen molar-refractivity contribution < 1.29 is 18.7 Å². The van der Waals surface area contributed by atoms with Gasteiger partial charge in [-0.25, -0.2) is 9.37 Å². The molecular formula is C23H25FN4O3. The number of aromatic nitrogens is 2. The Labute approximate surface area is 180 Å². The number of imidazole rings is 1. The molecule has 0 bridgehead atoms. The Hall–Kier alpha value is -3.39. The van der Waals surface area contributed by atoms with E-state index in [2.05, 4.69) is 10.3 Å². The molecule has 0 unspecified atom stereocenters. The molecule has 0 saturated heterocycles. The van der Waals surface area contributed by atoms with E-state index in [1.165, 1.54) is 12.1 Å². The van der Waals surface area contributed by atoms with Crippen molar-refractivity contribution in [2.75, 3.05) is 38.7 Å². The zero-order valence-electron chi connectivity index (χ0n) is 17.4. The molecule has 1 aliphatic rings. The van der Waals surface area contributed by atoms with Crippen molar-refractivity contribution in [1.29, 1.82) is 0 Å². The van der Waals surface area contributed by atoms with Crippen LogP contribution in [0.2, 0.25) is 0 Å². The van der Waals surface area contributed by atoms with Gasteiger partial charge in [-0.15, -0.1) is 0 Å². The average Bonchev–Trinajstić information content (AvgIpc) is 3.03. The first-order valence-electron chi connectivity index (χ1n) is 10.2. The molecule has 1 aromatic heterocycles. The number of fused-ring (bicyclic) bond motifs is 1. The summed E-state index contributed by atoms with van der Waals surface area (Å²) in [6.45, 7) is 2.70. The molecule has 0 saturated carbocycles. The van der Waals surface area contributed by atoms with Crippen LogP contribution in [0.4, 0.5) is 10.2 Å². The van der Waals surface area contributed by atoms with E-state index < -0.39 is 0 Å². The van der Waals surface area contributed by atoms with Crippen LogP contribution < -0.4 is 10.1 Å². The Morgan fingerprint density at radius 2 is 2.00 bits per heavy atom. The summed E-state index contributed by atoms with van der Waals surface area (Å²) in [7, 11) is 1.62. The summed E-state index contributed by atoms with van der Waals surface area (Å²) in [6, 6.07) is 15.8. The quantitative estimate of drug-likeness (QED) is 0.602. The van der Waals surface area contributed by atoms with Crippen molar-refractivity contribution in [1.82, 2.24) is 14.5 Å². The third kappa shape index (κ3) is 4.86. The molecule has 1 N–H and O–H groups in total. The number of amides is 1. The second-order valence-electron chi connectivity index (χ2n) is 7.25. The van der Waals surface area contributed by atoms with E-state index in [-0.39, 0.29) is 18.3 Å². The molecule has 1 aliphatic heterocycles. The van der Waals surface area contributed by atoms with Crippen molar-refractivity contribution in [2.24, 2.45) is 0 Å². The van der Waals surface area contributed by atoms with Gasteiger partial charge in [0.25, 0.3) is 5.91 Å². The lowest BCUT2D eigenvalue weighted by Gasteiger charge is -2.21. The number of anilines is 1. The first kappa shape index (κ1) is 20.9. The van der Waals surface area contributed by atoms with Crippen LogP contribution in [0.25, 0.3) is 0 Å². The van der Waals surface area contributed by atoms with Gasteiger partial charge in [0.2, 0.25) is 0 Å². The lowest BCUT2D eigenvalue weighted by molar-refractivity contribution is 0.0699. The highest BCUT2D eigenvalue weighted by Gasteiger charge is 2.29. The SMILES string of the molecule is COCCN1CCNc2nc(COc3cccc(F)c3)n(Cc3ccccc3)c2C1=O. The second-order valence-corrected chi connectivity index (χ2v) is 7.25. The number of hydrogen-bond donors (Lipinski definition) is 1. The highest BCUT2D eigenvalue weighted by molar-refractivity contribution is 5.98. The van der Waals surface area contributed by atoms with E-state index in [0.29, 0.717) is 55.9 Å². The van der Waals surface area contributed by atoms with Crippen LogP contribution in [0.1, 0.15) is 21.9 Å². The molecule has 8 heteroatoms. The fraction of sp³-hybridized carbons (Fsp3) is 0.304. The van der Waals surface area contributed by atoms with Crippen molar-refractivity contribution in [3.63, 3.8) is 0 Å². The third-order valence-electron chi connectivity index (χ3n) is 5.12. The number of carbonyl (C=O) groups is 1. The molecule has 3 aromatic rings. The molecule has 162 valence electrons. The number of ether oxygens (including phenoxy) is 2. The van der Waals surface area contributed by atoms with E-state index >= 15 is 0 Å². The Kier molecular flexibility index (Phi) is 6.47. The summed E-state index contributed by atoms with van der Waals surface area (Å²) in [6.07, 6.45) is 0. The van der Waals surface area contributed by atoms with Crippen LogP contribution in [0.5, 0.6) is 5.75 Å². The highest BCUT2D eigenvalue weighted by atomic mass is 19.1. The van der Waals surface area contributed by atoms with Crippen molar-refractivity contribution >= 4 is 11.7 Å². The van der Waals surface area contributed by atoms with E-state index in [0.717, 1.165) is 5.56 Å². The fourth-order valence-corrected chi connectivity index (χ4v) is 3.57. The number of methoxy groups -OCH3 is 1. The maximum absolute atomic E-state index is 13.5. The van der Waals surface area contributed by atoms with Crippen LogP contribution in [-0.2, 0) is 17.9 Å². The zero-order chi connectivity index (χ0) is 21.6. The molecule has 0 radical (unpaired) electrons. The molecule has 7 nitrogen and oxygen atoms in total. The van der Waals surface area contributed by atoms with Crippen LogP contribution >= 0.6 is 0 Å². The smallest absolute Gasteiger partial charge is 0.274 e. The number of nitrogens with one attached hydrogen (secondary N) is 1. The number of benzene rings is 2. The predicted octanol–water partition coefficient (Wildman–Crippen LogP) is 3.16. The minimum Gasteiger partial charge on any atom is -0.486 e. The minimum absolute atomic E-state index is 0.0995. The van der Waals surface area contributed by atoms with E-state index in [1.807, 2.05) is 34.9 Å². The largest absolute Gasteiger partial charge is 0.486 e. The van der Waals surface area contributed by atoms with Gasteiger partial charge in [0.1, 0.15) is 24.0 Å². The van der Waals surface area contributed by atoms with Crippen molar-refractivity contribution in [3.05, 3.63) is 77.5 Å². The lowest BCUT2D eigenvalue weighted by atomic mass is 10.2. The van der Waals surface area contributed by atoms with Gasteiger partial charge in [-0.2, -0.15) is 0 Å². The minimum atomic E-state index is -0.369. The van der Waals surface area contributed by atoms with Gasteiger partial charge in [-0.3, -0.25) is 4.79 Å². The summed E-state index contributed by atoms with van der Waals surface area (Å²) in [5.41, 5.74) is 1.53. The van der Waals surface area contributed by atoms with Crippen LogP contribution in [-0.4, -0.2) is 53.7 Å². The molecule has 1 amide bonds. The maximum atomic E-state index is 13.5. The topological polar surface area (TPSA) is 68.6 Å². The van der Waals surface area contributed by atoms with Gasteiger partial charge in [-0.05, 0) is 17.7 Å². The van der Waals surface area contributed by atoms with Gasteiger partial charge >= 0.3 is 0 Å². The number of halogens is 1. The summed E-state index contributed by atoms with van der Waals surface area (Å²) in [5, 5.41) is 3.26. The Morgan fingerprint density at radius 3 is 2.77 bits per heavy atom. The number of carbonyl (C=O) groups excluding carboxylic acids is 1. The van der Waals surface area contributed by atoms with Crippen LogP contribution in [0.3, 0.4) is 0 Å². The molecule has 0 spiro atoms. The summed E-state index contributed by atoms with van der Waals surface area (Å²) < 4.78 is 26.3. The third-order valence-corrected chi connectivity index (χ3v) is 5.12. The number of rotatable bonds is 8. The first-order valence-corrected chi connectivity index (χ1v) is 10.2. The molecular weight excluding hydrogens is 399 g/mol. The first-order chi connectivity index (χ1) is 15.2. The Balaban J connectivity index is 1.67. The molecule has 2 aromatic carbocycles. The Morgan fingerprint density at radius 1 is 1.16 bits per heavy atom. The molecule has 31 heavy (non-hydrogen) atoms. The number of nitrogens with zero attached hydrogens (tertiary/aromatic N) is 3. The average molecular weight is 424 g/mol. The summed E-state index contributed by atoms with van der Waals surface area (Å²) >= 11 is 0. The van der Waals surface area contributed by atoms with Gasteiger partial charge in [0, 0.05) is 39.4 Å². The van der Waals surface area contributed by atoms with Crippen LogP contribution in [0.15, 0.2) is 54.6 Å². The molecule has 2 heterocycles. The summed E-state index contributed by atoms with van der Waals surface area (Å²) in [5.74, 6) is 1.07. The zero-order valence-corrected chi connectivity index (χ0v) is 17.4. The van der Waals surface area contributed by atoms with Crippen LogP contribution in [0, 0.1) is 5.82 Å². The van der Waals surface area contributed by atoms with E-state index in [4.69, 9.17) is 9.47 Å². The highest BCUT2D eigenvalue weighted by Crippen LogP contribution is 2.24. The Bertz CT molecular complexity index is 1040. The standard InChI is InChI=1S/C23H25FN4O3/c1-30-13-12-27-11-10-25-22-21(23(27)29)28(15-17-6-3-2-4-7-17)20(26-22)16-31-19-9-5-8-18(24)14-19/h2-9,14,25H,10-13,15-16H2,1H3. The van der Waals surface area contributed by atoms with Crippen molar-refractivity contribution in [3.8, 4) is 5.75 Å². The van der Waals surface area contributed by atoms with Gasteiger partial charge in [0.05, 0.1) is 6.61 Å². The number of hydrogen-bond acceptors (Lipinski definition) is 5. The summed E-state index contributed by atoms with van der Waals surface area (Å²) in [4.78, 5) is 19.8. The van der Waals surface area contributed by atoms with Gasteiger partial charge in [-0.1, -0.05) is 36.4 Å². The van der Waals surface area contributed by atoms with Crippen molar-refractivity contribution in [2.45, 2.75) is 13.2 Å². The predicted molar refractivity (Wildman–Crippen MR) is 115 cm³/mol. The molecule has 0 atom stereocenters. The fourth-order valence-electron chi connectivity index (χ4n) is 3.57. The second kappa shape index (κ2) is 9.61. The molecule has 0 fully saturated rings. The van der Waals surface area contributed by atoms with E-state index in [1.54, 1.807) is 24.1 Å².